The maximum Gasteiger partial charge on any atom is 0.497 e. The van der Waals surface area contributed by atoms with E-state index in [0.717, 1.165) is 7.11 Å². The molecule has 0 aromatic heterocycles. The van der Waals surface area contributed by atoms with E-state index < -0.39 is 32.5 Å². The van der Waals surface area contributed by atoms with Crippen LogP contribution >= 0.6 is 0 Å². The Bertz CT molecular complexity index is 381. The molecule has 8 heteroatoms. The van der Waals surface area contributed by atoms with Gasteiger partial charge in [0.25, 0.3) is 0 Å². The Balaban J connectivity index is 2.72. The minimum absolute atomic E-state index is 0.279. The first-order valence-electron chi connectivity index (χ1n) is 4.48. The second-order valence-corrected chi connectivity index (χ2v) is 5.94. The number of methoxy groups -OCH3 is 1. The van der Waals surface area contributed by atoms with Crippen molar-refractivity contribution in [1.82, 2.24) is 0 Å². The first-order valence-corrected chi connectivity index (χ1v) is 6.13. The Kier molecular flexibility index (Phi) is 3.24. The number of esters is 1. The number of alkyl halides is 3. The highest BCUT2D eigenvalue weighted by Crippen LogP contribution is 2.51. The Labute approximate surface area is 90.7 Å². The summed E-state index contributed by atoms with van der Waals surface area (Å²) >= 11 is 0. The first kappa shape index (κ1) is 13.3. The zero-order valence-corrected chi connectivity index (χ0v) is 9.32. The summed E-state index contributed by atoms with van der Waals surface area (Å²) in [7, 11) is -4.05. The van der Waals surface area contributed by atoms with Crippen LogP contribution in [0.3, 0.4) is 0 Å². The summed E-state index contributed by atoms with van der Waals surface area (Å²) in [4.78, 5) is 10.9. The van der Waals surface area contributed by atoms with Crippen LogP contribution in [0.1, 0.15) is 19.3 Å². The molecule has 0 heterocycles. The van der Waals surface area contributed by atoms with E-state index in [1.807, 2.05) is 0 Å². The lowest BCUT2D eigenvalue weighted by Crippen LogP contribution is -2.31. The van der Waals surface area contributed by atoms with Crippen LogP contribution in [-0.4, -0.2) is 32.8 Å². The van der Waals surface area contributed by atoms with Crippen LogP contribution in [0.15, 0.2) is 0 Å². The number of carbonyl (C=O) groups excluding carboxylic acids is 1. The lowest BCUT2D eigenvalue weighted by atomic mass is 10.1. The molecule has 0 atom stereocenters. The average molecular weight is 260 g/mol. The van der Waals surface area contributed by atoms with Crippen LogP contribution in [-0.2, 0) is 19.4 Å². The van der Waals surface area contributed by atoms with Gasteiger partial charge in [-0.25, -0.2) is 8.42 Å². The molecule has 1 rings (SSSR count). The van der Waals surface area contributed by atoms with Crippen molar-refractivity contribution in [2.75, 3.05) is 12.9 Å². The summed E-state index contributed by atoms with van der Waals surface area (Å²) in [6, 6.07) is 0. The van der Waals surface area contributed by atoms with Crippen molar-refractivity contribution in [3.8, 4) is 0 Å². The van der Waals surface area contributed by atoms with Crippen molar-refractivity contribution in [1.29, 1.82) is 0 Å². The molecule has 1 saturated carbocycles. The van der Waals surface area contributed by atoms with Gasteiger partial charge < -0.3 is 4.74 Å². The minimum atomic E-state index is -5.25. The van der Waals surface area contributed by atoms with Crippen LogP contribution in [0.25, 0.3) is 0 Å². The first-order chi connectivity index (χ1) is 7.12. The lowest BCUT2D eigenvalue weighted by molar-refractivity contribution is -0.141. The number of carbonyl (C=O) groups is 1. The topological polar surface area (TPSA) is 60.4 Å². The maximum atomic E-state index is 12.1. The summed E-state index contributed by atoms with van der Waals surface area (Å²) in [5.74, 6) is -1.71. The molecule has 1 aliphatic carbocycles. The van der Waals surface area contributed by atoms with E-state index in [1.54, 1.807) is 0 Å². The highest BCUT2D eigenvalue weighted by atomic mass is 32.2. The number of halogens is 3. The zero-order valence-electron chi connectivity index (χ0n) is 8.50. The SMILES string of the molecule is COC(=O)CC1(CS(=O)(=O)C(F)(F)F)CC1. The van der Waals surface area contributed by atoms with Gasteiger partial charge in [0, 0.05) is 0 Å². The van der Waals surface area contributed by atoms with Gasteiger partial charge in [0.15, 0.2) is 0 Å². The molecule has 1 fully saturated rings. The molecule has 0 saturated heterocycles. The summed E-state index contributed by atoms with van der Waals surface area (Å²) in [5.41, 5.74) is -6.32. The summed E-state index contributed by atoms with van der Waals surface area (Å²) in [6.45, 7) is 0. The maximum absolute atomic E-state index is 12.1. The van der Waals surface area contributed by atoms with E-state index in [2.05, 4.69) is 4.74 Å². The van der Waals surface area contributed by atoms with Gasteiger partial charge in [-0.3, -0.25) is 4.79 Å². The molecule has 0 spiro atoms. The fourth-order valence-electron chi connectivity index (χ4n) is 1.41. The monoisotopic (exact) mass is 260 g/mol. The third-order valence-corrected chi connectivity index (χ3v) is 4.25. The quantitative estimate of drug-likeness (QED) is 0.714. The van der Waals surface area contributed by atoms with Crippen LogP contribution in [0.2, 0.25) is 0 Å². The summed E-state index contributed by atoms with van der Waals surface area (Å²) < 4.78 is 62.4. The summed E-state index contributed by atoms with van der Waals surface area (Å²) in [5, 5.41) is 0. The van der Waals surface area contributed by atoms with Gasteiger partial charge in [0.2, 0.25) is 9.84 Å². The summed E-state index contributed by atoms with van der Waals surface area (Å²) in [6.07, 6.45) is 0.327. The molecule has 0 unspecified atom stereocenters. The van der Waals surface area contributed by atoms with Gasteiger partial charge in [-0.15, -0.1) is 0 Å². The van der Waals surface area contributed by atoms with E-state index in [0.29, 0.717) is 12.8 Å². The Hall–Kier alpha value is -0.790. The largest absolute Gasteiger partial charge is 0.497 e. The molecular weight excluding hydrogens is 249 g/mol. The van der Waals surface area contributed by atoms with Gasteiger partial charge in [0.1, 0.15) is 0 Å². The normalized spacial score (nSPS) is 19.2. The molecule has 0 radical (unpaired) electrons. The minimum Gasteiger partial charge on any atom is -0.469 e. The van der Waals surface area contributed by atoms with Crippen LogP contribution < -0.4 is 0 Å². The van der Waals surface area contributed by atoms with E-state index in [4.69, 9.17) is 0 Å². The molecular formula is C8H11F3O4S. The highest BCUT2D eigenvalue weighted by Gasteiger charge is 2.55. The van der Waals surface area contributed by atoms with Crippen LogP contribution in [0.4, 0.5) is 13.2 Å². The number of hydrogen-bond donors (Lipinski definition) is 0. The third-order valence-electron chi connectivity index (χ3n) is 2.55. The van der Waals surface area contributed by atoms with E-state index >= 15 is 0 Å². The van der Waals surface area contributed by atoms with Crippen molar-refractivity contribution in [2.45, 2.75) is 24.8 Å². The predicted octanol–water partition coefficient (Wildman–Crippen LogP) is 1.26. The number of ether oxygens (including phenoxy) is 1. The third kappa shape index (κ3) is 2.87. The van der Waals surface area contributed by atoms with Crippen LogP contribution in [0, 0.1) is 5.41 Å². The second kappa shape index (κ2) is 3.90. The van der Waals surface area contributed by atoms with Crippen LogP contribution in [0.5, 0.6) is 0 Å². The molecule has 16 heavy (non-hydrogen) atoms. The van der Waals surface area contributed by atoms with Crippen molar-refractivity contribution in [2.24, 2.45) is 5.41 Å². The van der Waals surface area contributed by atoms with E-state index in [1.165, 1.54) is 0 Å². The van der Waals surface area contributed by atoms with Crippen molar-refractivity contribution < 1.29 is 31.1 Å². The van der Waals surface area contributed by atoms with Crippen molar-refractivity contribution in [3.05, 3.63) is 0 Å². The lowest BCUT2D eigenvalue weighted by Gasteiger charge is -2.15. The van der Waals surface area contributed by atoms with E-state index in [-0.39, 0.29) is 6.42 Å². The molecule has 4 nitrogen and oxygen atoms in total. The van der Waals surface area contributed by atoms with Crippen molar-refractivity contribution >= 4 is 15.8 Å². The standard InChI is InChI=1S/C8H11F3O4S/c1-15-6(12)4-7(2-3-7)5-16(13,14)8(9,10)11/h2-5H2,1H3. The fraction of sp³-hybridized carbons (Fsp3) is 0.875. The highest BCUT2D eigenvalue weighted by molar-refractivity contribution is 7.92. The van der Waals surface area contributed by atoms with Gasteiger partial charge in [-0.2, -0.15) is 13.2 Å². The molecule has 0 aromatic rings. The van der Waals surface area contributed by atoms with Gasteiger partial charge in [-0.1, -0.05) is 0 Å². The van der Waals surface area contributed by atoms with Gasteiger partial charge in [0.05, 0.1) is 19.3 Å². The molecule has 1 aliphatic rings. The molecule has 94 valence electrons. The number of sulfone groups is 1. The number of hydrogen-bond acceptors (Lipinski definition) is 4. The molecule has 0 N–H and O–H groups in total. The molecule has 0 amide bonds. The smallest absolute Gasteiger partial charge is 0.469 e. The molecule has 0 aromatic carbocycles. The zero-order chi connectivity index (χ0) is 12.6. The van der Waals surface area contributed by atoms with Gasteiger partial charge in [-0.05, 0) is 18.3 Å². The van der Waals surface area contributed by atoms with Gasteiger partial charge >= 0.3 is 11.5 Å². The predicted molar refractivity (Wildman–Crippen MR) is 48.1 cm³/mol. The Morgan fingerprint density at radius 2 is 1.88 bits per heavy atom. The van der Waals surface area contributed by atoms with E-state index in [9.17, 15) is 26.4 Å². The Morgan fingerprint density at radius 1 is 1.38 bits per heavy atom. The Morgan fingerprint density at radius 3 is 2.19 bits per heavy atom. The molecule has 0 bridgehead atoms. The molecule has 0 aliphatic heterocycles. The second-order valence-electron chi connectivity index (χ2n) is 3.96. The average Bonchev–Trinajstić information content (AvgIpc) is 2.81. The fourth-order valence-corrected chi connectivity index (χ4v) is 2.77. The number of rotatable bonds is 4. The van der Waals surface area contributed by atoms with Crippen molar-refractivity contribution in [3.63, 3.8) is 0 Å².